The van der Waals surface area contributed by atoms with E-state index < -0.39 is 0 Å². The van der Waals surface area contributed by atoms with Gasteiger partial charge < -0.3 is 10.1 Å². The van der Waals surface area contributed by atoms with Crippen LogP contribution in [0.25, 0.3) is 0 Å². The number of nitrogens with one attached hydrogen (secondary N) is 1. The molecule has 2 nitrogen and oxygen atoms in total. The largest absolute Gasteiger partial charge is 0.496 e. The second-order valence-corrected chi connectivity index (χ2v) is 5.39. The molecule has 18 heavy (non-hydrogen) atoms. The molecular formula is C16H25NO. The zero-order chi connectivity index (χ0) is 13.0. The number of hydrogen-bond acceptors (Lipinski definition) is 2. The third-order valence-electron chi connectivity index (χ3n) is 4.65. The summed E-state index contributed by atoms with van der Waals surface area (Å²) in [5.41, 5.74) is 1.72. The van der Waals surface area contributed by atoms with E-state index in [1.54, 1.807) is 7.11 Å². The van der Waals surface area contributed by atoms with Gasteiger partial charge in [-0.1, -0.05) is 38.0 Å². The Morgan fingerprint density at radius 3 is 2.50 bits per heavy atom. The first-order chi connectivity index (χ1) is 8.77. The van der Waals surface area contributed by atoms with Crippen molar-refractivity contribution in [2.24, 2.45) is 5.41 Å². The second kappa shape index (κ2) is 5.75. The van der Waals surface area contributed by atoms with Crippen LogP contribution in [0.5, 0.6) is 5.75 Å². The number of benzene rings is 1. The van der Waals surface area contributed by atoms with Crippen molar-refractivity contribution < 1.29 is 4.74 Å². The van der Waals surface area contributed by atoms with Crippen molar-refractivity contribution in [2.45, 2.75) is 45.1 Å². The zero-order valence-corrected chi connectivity index (χ0v) is 11.8. The highest BCUT2D eigenvalue weighted by molar-refractivity contribution is 5.37. The van der Waals surface area contributed by atoms with Gasteiger partial charge in [0.1, 0.15) is 5.75 Å². The summed E-state index contributed by atoms with van der Waals surface area (Å²) in [6.45, 7) is 2.32. The van der Waals surface area contributed by atoms with Crippen molar-refractivity contribution in [3.8, 4) is 5.75 Å². The summed E-state index contributed by atoms with van der Waals surface area (Å²) in [4.78, 5) is 0. The van der Waals surface area contributed by atoms with Crippen LogP contribution in [0.2, 0.25) is 0 Å². The average molecular weight is 247 g/mol. The molecule has 0 amide bonds. The summed E-state index contributed by atoms with van der Waals surface area (Å²) >= 11 is 0. The molecular weight excluding hydrogens is 222 g/mol. The van der Waals surface area contributed by atoms with Crippen LogP contribution in [0.4, 0.5) is 0 Å². The summed E-state index contributed by atoms with van der Waals surface area (Å²) < 4.78 is 5.54. The van der Waals surface area contributed by atoms with E-state index in [4.69, 9.17) is 4.74 Å². The number of hydrogen-bond donors (Lipinski definition) is 1. The van der Waals surface area contributed by atoms with Gasteiger partial charge in [0.15, 0.2) is 0 Å². The maximum atomic E-state index is 5.54. The number of rotatable bonds is 5. The van der Waals surface area contributed by atoms with E-state index in [0.717, 1.165) is 5.75 Å². The highest BCUT2D eigenvalue weighted by Crippen LogP contribution is 2.51. The number of para-hydroxylation sites is 1. The van der Waals surface area contributed by atoms with Crippen LogP contribution in [-0.2, 0) is 0 Å². The van der Waals surface area contributed by atoms with Crippen molar-refractivity contribution in [3.63, 3.8) is 0 Å². The van der Waals surface area contributed by atoms with E-state index in [0.29, 0.717) is 11.5 Å². The molecule has 0 saturated heterocycles. The van der Waals surface area contributed by atoms with Gasteiger partial charge in [-0.25, -0.2) is 0 Å². The fourth-order valence-electron chi connectivity index (χ4n) is 3.62. The molecule has 1 aliphatic carbocycles. The molecule has 1 aliphatic rings. The van der Waals surface area contributed by atoms with Gasteiger partial charge in [0.05, 0.1) is 7.11 Å². The molecule has 1 atom stereocenters. The molecule has 0 heterocycles. The van der Waals surface area contributed by atoms with Crippen molar-refractivity contribution in [1.82, 2.24) is 5.32 Å². The SMILES string of the molecule is CCC1(C(NC)c2ccccc2OC)CCCC1. The van der Waals surface area contributed by atoms with Gasteiger partial charge in [-0.05, 0) is 37.8 Å². The molecule has 2 heteroatoms. The monoisotopic (exact) mass is 247 g/mol. The molecule has 2 rings (SSSR count). The van der Waals surface area contributed by atoms with Crippen LogP contribution in [0.15, 0.2) is 24.3 Å². The van der Waals surface area contributed by atoms with Gasteiger partial charge in [0, 0.05) is 11.6 Å². The van der Waals surface area contributed by atoms with E-state index in [1.807, 2.05) is 6.07 Å². The molecule has 0 aliphatic heterocycles. The van der Waals surface area contributed by atoms with E-state index >= 15 is 0 Å². The molecule has 1 N–H and O–H groups in total. The minimum atomic E-state index is 0.404. The van der Waals surface area contributed by atoms with Gasteiger partial charge in [0.25, 0.3) is 0 Å². The van der Waals surface area contributed by atoms with Crippen molar-refractivity contribution in [2.75, 3.05) is 14.2 Å². The highest BCUT2D eigenvalue weighted by atomic mass is 16.5. The normalized spacial score (nSPS) is 19.7. The van der Waals surface area contributed by atoms with E-state index in [9.17, 15) is 0 Å². The zero-order valence-electron chi connectivity index (χ0n) is 11.8. The van der Waals surface area contributed by atoms with Crippen LogP contribution in [0.1, 0.15) is 50.6 Å². The lowest BCUT2D eigenvalue weighted by Crippen LogP contribution is -2.34. The molecule has 1 saturated carbocycles. The Kier molecular flexibility index (Phi) is 4.28. The third-order valence-corrected chi connectivity index (χ3v) is 4.65. The predicted octanol–water partition coefficient (Wildman–Crippen LogP) is 3.93. The van der Waals surface area contributed by atoms with Crippen LogP contribution in [0.3, 0.4) is 0 Å². The topological polar surface area (TPSA) is 21.3 Å². The molecule has 0 bridgehead atoms. The third kappa shape index (κ3) is 2.26. The molecule has 1 unspecified atom stereocenters. The molecule has 100 valence electrons. The average Bonchev–Trinajstić information content (AvgIpc) is 2.90. The van der Waals surface area contributed by atoms with E-state index in [2.05, 4.69) is 37.5 Å². The van der Waals surface area contributed by atoms with Crippen LogP contribution in [-0.4, -0.2) is 14.2 Å². The summed E-state index contributed by atoms with van der Waals surface area (Å²) in [6.07, 6.45) is 6.61. The molecule has 0 spiro atoms. The first kappa shape index (κ1) is 13.4. The van der Waals surface area contributed by atoms with Gasteiger partial charge in [-0.2, -0.15) is 0 Å². The van der Waals surface area contributed by atoms with Gasteiger partial charge in [-0.15, -0.1) is 0 Å². The van der Waals surface area contributed by atoms with Crippen molar-refractivity contribution in [3.05, 3.63) is 29.8 Å². The maximum Gasteiger partial charge on any atom is 0.123 e. The van der Waals surface area contributed by atoms with E-state index in [-0.39, 0.29) is 0 Å². The smallest absolute Gasteiger partial charge is 0.123 e. The van der Waals surface area contributed by atoms with Crippen LogP contribution < -0.4 is 10.1 Å². The lowest BCUT2D eigenvalue weighted by Gasteiger charge is -2.37. The summed E-state index contributed by atoms with van der Waals surface area (Å²) in [5.74, 6) is 1.01. The number of ether oxygens (including phenoxy) is 1. The Morgan fingerprint density at radius 2 is 1.94 bits per heavy atom. The van der Waals surface area contributed by atoms with Crippen molar-refractivity contribution in [1.29, 1.82) is 0 Å². The molecule has 1 fully saturated rings. The fraction of sp³-hybridized carbons (Fsp3) is 0.625. The van der Waals surface area contributed by atoms with Crippen LogP contribution in [0, 0.1) is 5.41 Å². The molecule has 0 aromatic heterocycles. The Hall–Kier alpha value is -1.02. The Balaban J connectivity index is 2.38. The Labute approximate surface area is 111 Å². The minimum absolute atomic E-state index is 0.404. The number of methoxy groups -OCH3 is 1. The Morgan fingerprint density at radius 1 is 1.28 bits per heavy atom. The summed E-state index contributed by atoms with van der Waals surface area (Å²) in [5, 5.41) is 3.55. The van der Waals surface area contributed by atoms with Gasteiger partial charge in [-0.3, -0.25) is 0 Å². The first-order valence-electron chi connectivity index (χ1n) is 7.07. The summed E-state index contributed by atoms with van der Waals surface area (Å²) in [6, 6.07) is 8.83. The Bertz CT molecular complexity index is 382. The van der Waals surface area contributed by atoms with Crippen LogP contribution >= 0.6 is 0 Å². The van der Waals surface area contributed by atoms with Gasteiger partial charge in [0.2, 0.25) is 0 Å². The lowest BCUT2D eigenvalue weighted by molar-refractivity contribution is 0.191. The molecule has 1 aromatic rings. The quantitative estimate of drug-likeness (QED) is 0.851. The first-order valence-corrected chi connectivity index (χ1v) is 7.07. The summed E-state index contributed by atoms with van der Waals surface area (Å²) in [7, 11) is 3.84. The molecule has 0 radical (unpaired) electrons. The maximum absolute atomic E-state index is 5.54. The lowest BCUT2D eigenvalue weighted by atomic mass is 9.73. The predicted molar refractivity (Wildman–Crippen MR) is 76.0 cm³/mol. The standard InChI is InChI=1S/C16H25NO/c1-4-16(11-7-8-12-16)15(17-2)13-9-5-6-10-14(13)18-3/h5-6,9-10,15,17H,4,7-8,11-12H2,1-3H3. The molecule has 1 aromatic carbocycles. The minimum Gasteiger partial charge on any atom is -0.496 e. The van der Waals surface area contributed by atoms with Crippen molar-refractivity contribution >= 4 is 0 Å². The van der Waals surface area contributed by atoms with Gasteiger partial charge >= 0.3 is 0 Å². The van der Waals surface area contributed by atoms with E-state index in [1.165, 1.54) is 37.7 Å². The highest BCUT2D eigenvalue weighted by Gasteiger charge is 2.40. The second-order valence-electron chi connectivity index (χ2n) is 5.39. The fourth-order valence-corrected chi connectivity index (χ4v) is 3.62.